The van der Waals surface area contributed by atoms with Crippen LogP contribution in [0.5, 0.6) is 5.75 Å². The number of rotatable bonds is 7. The molecule has 1 unspecified atom stereocenters. The van der Waals surface area contributed by atoms with Crippen LogP contribution in [0.3, 0.4) is 0 Å². The average Bonchev–Trinajstić information content (AvgIpc) is 2.87. The molecule has 2 fully saturated rings. The van der Waals surface area contributed by atoms with Gasteiger partial charge in [-0.05, 0) is 76.3 Å². The smallest absolute Gasteiger partial charge is 0.253 e. The standard InChI is InChI=1S/C29H38N2O4/c1-4-35-26-9-7-25(8-10-26)29(11-14-34-15-12-29)20-30-27(32)23-6-5-13-31(19-23)28(33)24-17-21(2)16-22(3)18-24/h7-10,16-18,23H,4-6,11-15,19-20H2,1-3H3,(H,30,32). The second-order valence-corrected chi connectivity index (χ2v) is 10.0. The van der Waals surface area contributed by atoms with Gasteiger partial charge >= 0.3 is 0 Å². The quantitative estimate of drug-likeness (QED) is 0.640. The number of nitrogens with zero attached hydrogens (tertiary/aromatic N) is 1. The van der Waals surface area contributed by atoms with Crippen LogP contribution < -0.4 is 10.1 Å². The van der Waals surface area contributed by atoms with Crippen molar-refractivity contribution >= 4 is 11.8 Å². The Balaban J connectivity index is 1.41. The van der Waals surface area contributed by atoms with Crippen LogP contribution in [0.4, 0.5) is 0 Å². The molecule has 0 radical (unpaired) electrons. The maximum Gasteiger partial charge on any atom is 0.253 e. The number of hydrogen-bond acceptors (Lipinski definition) is 4. The van der Waals surface area contributed by atoms with Crippen molar-refractivity contribution in [3.63, 3.8) is 0 Å². The van der Waals surface area contributed by atoms with Gasteiger partial charge in [0.2, 0.25) is 5.91 Å². The maximum absolute atomic E-state index is 13.3. The molecule has 2 heterocycles. The van der Waals surface area contributed by atoms with Crippen molar-refractivity contribution in [3.05, 3.63) is 64.7 Å². The van der Waals surface area contributed by atoms with Crippen LogP contribution in [-0.4, -0.2) is 56.2 Å². The number of carbonyl (C=O) groups excluding carboxylic acids is 2. The minimum absolute atomic E-state index is 0.0181. The number of likely N-dealkylation sites (tertiary alicyclic amines) is 1. The first-order valence-corrected chi connectivity index (χ1v) is 12.9. The second kappa shape index (κ2) is 11.3. The molecule has 1 atom stereocenters. The topological polar surface area (TPSA) is 67.9 Å². The molecule has 0 spiro atoms. The van der Waals surface area contributed by atoms with E-state index >= 15 is 0 Å². The van der Waals surface area contributed by atoms with Gasteiger partial charge in [-0.1, -0.05) is 29.3 Å². The van der Waals surface area contributed by atoms with Gasteiger partial charge < -0.3 is 19.7 Å². The molecule has 2 saturated heterocycles. The Morgan fingerprint density at radius 1 is 1.09 bits per heavy atom. The Morgan fingerprint density at radius 2 is 1.77 bits per heavy atom. The van der Waals surface area contributed by atoms with E-state index < -0.39 is 0 Å². The summed E-state index contributed by atoms with van der Waals surface area (Å²) in [4.78, 5) is 28.3. The fourth-order valence-corrected chi connectivity index (χ4v) is 5.46. The van der Waals surface area contributed by atoms with Crippen LogP contribution in [0.15, 0.2) is 42.5 Å². The van der Waals surface area contributed by atoms with E-state index in [1.807, 2.05) is 49.9 Å². The zero-order valence-corrected chi connectivity index (χ0v) is 21.3. The third-order valence-electron chi connectivity index (χ3n) is 7.38. The van der Waals surface area contributed by atoms with Crippen LogP contribution in [0.1, 0.15) is 59.7 Å². The number of carbonyl (C=O) groups is 2. The number of ether oxygens (including phenoxy) is 2. The largest absolute Gasteiger partial charge is 0.494 e. The maximum atomic E-state index is 13.3. The lowest BCUT2D eigenvalue weighted by molar-refractivity contribution is -0.126. The van der Waals surface area contributed by atoms with Gasteiger partial charge in [-0.15, -0.1) is 0 Å². The highest BCUT2D eigenvalue weighted by molar-refractivity contribution is 5.95. The van der Waals surface area contributed by atoms with Crippen molar-refractivity contribution in [1.29, 1.82) is 0 Å². The summed E-state index contributed by atoms with van der Waals surface area (Å²) in [5.41, 5.74) is 3.92. The van der Waals surface area contributed by atoms with E-state index in [0.717, 1.165) is 42.6 Å². The Bertz CT molecular complexity index is 1010. The lowest BCUT2D eigenvalue weighted by Crippen LogP contribution is -2.49. The lowest BCUT2D eigenvalue weighted by atomic mass is 9.74. The zero-order valence-electron chi connectivity index (χ0n) is 21.3. The minimum atomic E-state index is -0.184. The third kappa shape index (κ3) is 6.04. The highest BCUT2D eigenvalue weighted by Gasteiger charge is 2.36. The Kier molecular flexibility index (Phi) is 8.11. The first kappa shape index (κ1) is 25.2. The third-order valence-corrected chi connectivity index (χ3v) is 7.38. The fourth-order valence-electron chi connectivity index (χ4n) is 5.46. The molecule has 6 nitrogen and oxygen atoms in total. The van der Waals surface area contributed by atoms with Crippen molar-refractivity contribution in [1.82, 2.24) is 10.2 Å². The summed E-state index contributed by atoms with van der Waals surface area (Å²) in [6.07, 6.45) is 3.38. The Hall–Kier alpha value is -2.86. The van der Waals surface area contributed by atoms with E-state index in [9.17, 15) is 9.59 Å². The van der Waals surface area contributed by atoms with E-state index in [4.69, 9.17) is 9.47 Å². The molecule has 1 N–H and O–H groups in total. The van der Waals surface area contributed by atoms with E-state index in [-0.39, 0.29) is 23.1 Å². The van der Waals surface area contributed by atoms with Crippen LogP contribution in [0, 0.1) is 19.8 Å². The Labute approximate surface area is 209 Å². The van der Waals surface area contributed by atoms with Gasteiger partial charge in [0.15, 0.2) is 0 Å². The predicted molar refractivity (Wildman–Crippen MR) is 137 cm³/mol. The van der Waals surface area contributed by atoms with Gasteiger partial charge in [0.05, 0.1) is 12.5 Å². The van der Waals surface area contributed by atoms with Gasteiger partial charge in [-0.2, -0.15) is 0 Å². The van der Waals surface area contributed by atoms with Gasteiger partial charge in [-0.25, -0.2) is 0 Å². The molecule has 2 aromatic rings. The fraction of sp³-hybridized carbons (Fsp3) is 0.517. The molecule has 35 heavy (non-hydrogen) atoms. The van der Waals surface area contributed by atoms with Crippen molar-refractivity contribution in [2.24, 2.45) is 5.92 Å². The first-order valence-electron chi connectivity index (χ1n) is 12.9. The number of piperidine rings is 1. The predicted octanol–water partition coefficient (Wildman–Crippen LogP) is 4.42. The molecular formula is C29H38N2O4. The highest BCUT2D eigenvalue weighted by Crippen LogP contribution is 2.35. The first-order chi connectivity index (χ1) is 16.9. The molecule has 2 aromatic carbocycles. The SMILES string of the molecule is CCOc1ccc(C2(CNC(=O)C3CCCN(C(=O)c4cc(C)cc(C)c4)C3)CCOCC2)cc1. The number of hydrogen-bond donors (Lipinski definition) is 1. The van der Waals surface area contributed by atoms with Crippen molar-refractivity contribution < 1.29 is 19.1 Å². The molecule has 2 aliphatic heterocycles. The summed E-state index contributed by atoms with van der Waals surface area (Å²) in [5, 5.41) is 3.25. The molecule has 188 valence electrons. The number of nitrogens with one attached hydrogen (secondary N) is 1. The van der Waals surface area contributed by atoms with Crippen LogP contribution in [-0.2, 0) is 14.9 Å². The molecule has 0 saturated carbocycles. The van der Waals surface area contributed by atoms with E-state index in [1.54, 1.807) is 0 Å². The molecule has 2 amide bonds. The summed E-state index contributed by atoms with van der Waals surface area (Å²) in [7, 11) is 0. The summed E-state index contributed by atoms with van der Waals surface area (Å²) >= 11 is 0. The summed E-state index contributed by atoms with van der Waals surface area (Å²) < 4.78 is 11.3. The molecule has 4 rings (SSSR count). The summed E-state index contributed by atoms with van der Waals surface area (Å²) in [6, 6.07) is 14.2. The Morgan fingerprint density at radius 3 is 2.43 bits per heavy atom. The monoisotopic (exact) mass is 478 g/mol. The average molecular weight is 479 g/mol. The molecule has 0 bridgehead atoms. The highest BCUT2D eigenvalue weighted by atomic mass is 16.5. The second-order valence-electron chi connectivity index (χ2n) is 10.0. The van der Waals surface area contributed by atoms with E-state index in [1.165, 1.54) is 5.56 Å². The van der Waals surface area contributed by atoms with Crippen LogP contribution in [0.25, 0.3) is 0 Å². The minimum Gasteiger partial charge on any atom is -0.494 e. The number of benzene rings is 2. The van der Waals surface area contributed by atoms with E-state index in [2.05, 4.69) is 23.5 Å². The molecule has 6 heteroatoms. The molecule has 2 aliphatic rings. The normalized spacial score (nSPS) is 19.7. The van der Waals surface area contributed by atoms with Gasteiger partial charge in [0, 0.05) is 43.8 Å². The summed E-state index contributed by atoms with van der Waals surface area (Å²) in [6.45, 7) is 9.74. The van der Waals surface area contributed by atoms with Gasteiger partial charge in [-0.3, -0.25) is 9.59 Å². The van der Waals surface area contributed by atoms with E-state index in [0.29, 0.717) is 45.0 Å². The van der Waals surface area contributed by atoms with Crippen LogP contribution >= 0.6 is 0 Å². The van der Waals surface area contributed by atoms with Crippen molar-refractivity contribution in [3.8, 4) is 5.75 Å². The van der Waals surface area contributed by atoms with Crippen molar-refractivity contribution in [2.75, 3.05) is 39.5 Å². The van der Waals surface area contributed by atoms with Gasteiger partial charge in [0.25, 0.3) is 5.91 Å². The van der Waals surface area contributed by atoms with Crippen molar-refractivity contribution in [2.45, 2.75) is 51.9 Å². The molecular weight excluding hydrogens is 440 g/mol. The van der Waals surface area contributed by atoms with Crippen LogP contribution in [0.2, 0.25) is 0 Å². The lowest BCUT2D eigenvalue weighted by Gasteiger charge is -2.39. The number of amides is 2. The number of aryl methyl sites for hydroxylation is 2. The molecule has 0 aliphatic carbocycles. The van der Waals surface area contributed by atoms with Gasteiger partial charge in [0.1, 0.15) is 5.75 Å². The molecule has 0 aromatic heterocycles. The summed E-state index contributed by atoms with van der Waals surface area (Å²) in [5.74, 6) is 0.735. The zero-order chi connectivity index (χ0) is 24.8.